The first kappa shape index (κ1) is 17.5. The van der Waals surface area contributed by atoms with Crippen molar-refractivity contribution in [3.05, 3.63) is 23.8 Å². The summed E-state index contributed by atoms with van der Waals surface area (Å²) in [7, 11) is -2.39. The van der Waals surface area contributed by atoms with Gasteiger partial charge in [0.15, 0.2) is 0 Å². The molecule has 0 radical (unpaired) electrons. The van der Waals surface area contributed by atoms with Crippen LogP contribution < -0.4 is 15.2 Å². The van der Waals surface area contributed by atoms with Crippen LogP contribution in [0.3, 0.4) is 0 Å². The van der Waals surface area contributed by atoms with Crippen molar-refractivity contribution in [3.8, 4) is 5.75 Å². The Bertz CT molecular complexity index is 682. The lowest BCUT2D eigenvalue weighted by molar-refractivity contribution is -0.0439. The number of nitrogens with zero attached hydrogens (tertiary/aromatic N) is 1. The van der Waals surface area contributed by atoms with Gasteiger partial charge in [-0.2, -0.15) is 12.7 Å². The van der Waals surface area contributed by atoms with Gasteiger partial charge in [0, 0.05) is 18.7 Å². The number of primary amides is 1. The summed E-state index contributed by atoms with van der Waals surface area (Å²) in [6, 6.07) is 4.31. The summed E-state index contributed by atoms with van der Waals surface area (Å²) in [5.41, 5.74) is 5.58. The van der Waals surface area contributed by atoms with Gasteiger partial charge in [0.2, 0.25) is 5.91 Å². The lowest BCUT2D eigenvalue weighted by atomic mass is 10.2. The van der Waals surface area contributed by atoms with Crippen molar-refractivity contribution >= 4 is 21.8 Å². The predicted octanol–water partition coefficient (Wildman–Crippen LogP) is 0.560. The third kappa shape index (κ3) is 4.12. The van der Waals surface area contributed by atoms with Crippen LogP contribution in [0.4, 0.5) is 5.69 Å². The number of benzene rings is 1. The van der Waals surface area contributed by atoms with Gasteiger partial charge >= 0.3 is 10.2 Å². The molecule has 1 aliphatic heterocycles. The summed E-state index contributed by atoms with van der Waals surface area (Å²) in [6.45, 7) is 4.12. The van der Waals surface area contributed by atoms with Crippen LogP contribution in [0.2, 0.25) is 0 Å². The third-order valence-electron chi connectivity index (χ3n) is 3.45. The maximum absolute atomic E-state index is 12.6. The maximum Gasteiger partial charge on any atom is 0.301 e. The van der Waals surface area contributed by atoms with Crippen LogP contribution >= 0.6 is 0 Å². The maximum atomic E-state index is 12.6. The summed E-state index contributed by atoms with van der Waals surface area (Å²) in [5, 5.41) is 0. The summed E-state index contributed by atoms with van der Waals surface area (Å²) < 4.78 is 39.6. The van der Waals surface area contributed by atoms with E-state index in [2.05, 4.69) is 4.72 Å². The second-order valence-electron chi connectivity index (χ2n) is 5.46. The second kappa shape index (κ2) is 6.73. The molecule has 0 aliphatic carbocycles. The SMILES string of the molecule is COc1ccc(C(N)=O)cc1NS(=O)(=O)N1C[C@@H](C)O[C@@H](C)C1. The van der Waals surface area contributed by atoms with Gasteiger partial charge in [0.1, 0.15) is 5.75 Å². The second-order valence-corrected chi connectivity index (χ2v) is 7.13. The quantitative estimate of drug-likeness (QED) is 0.811. The molecule has 9 heteroatoms. The van der Waals surface area contributed by atoms with E-state index in [4.69, 9.17) is 15.2 Å². The van der Waals surface area contributed by atoms with E-state index in [0.717, 1.165) is 0 Å². The first-order valence-electron chi connectivity index (χ1n) is 7.14. The standard InChI is InChI=1S/C14H21N3O5S/c1-9-7-17(8-10(2)22-9)23(19,20)16-12-6-11(14(15)18)4-5-13(12)21-3/h4-6,9-10,16H,7-8H2,1-3H3,(H2,15,18)/t9-,10+. The molecule has 2 rings (SSSR count). The van der Waals surface area contributed by atoms with E-state index in [1.165, 1.54) is 29.6 Å². The number of hydrogen-bond donors (Lipinski definition) is 2. The van der Waals surface area contributed by atoms with E-state index in [0.29, 0.717) is 5.75 Å². The number of morpholine rings is 1. The zero-order chi connectivity index (χ0) is 17.2. The van der Waals surface area contributed by atoms with Crippen LogP contribution in [0.5, 0.6) is 5.75 Å². The first-order valence-corrected chi connectivity index (χ1v) is 8.58. The zero-order valence-electron chi connectivity index (χ0n) is 13.3. The fourth-order valence-corrected chi connectivity index (χ4v) is 3.85. The van der Waals surface area contributed by atoms with E-state index in [9.17, 15) is 13.2 Å². The Kier molecular flexibility index (Phi) is 5.12. The monoisotopic (exact) mass is 343 g/mol. The molecule has 1 fully saturated rings. The lowest BCUT2D eigenvalue weighted by Crippen LogP contribution is -2.49. The van der Waals surface area contributed by atoms with Crippen LogP contribution in [0, 0.1) is 0 Å². The highest BCUT2D eigenvalue weighted by atomic mass is 32.2. The summed E-state index contributed by atoms with van der Waals surface area (Å²) in [5.74, 6) is -0.352. The van der Waals surface area contributed by atoms with E-state index in [1.54, 1.807) is 0 Å². The molecule has 1 aromatic carbocycles. The topological polar surface area (TPSA) is 111 Å². The minimum atomic E-state index is -3.81. The van der Waals surface area contributed by atoms with Gasteiger partial charge in [-0.1, -0.05) is 0 Å². The molecule has 128 valence electrons. The van der Waals surface area contributed by atoms with Gasteiger partial charge in [0.05, 0.1) is 25.0 Å². The number of rotatable bonds is 5. The van der Waals surface area contributed by atoms with E-state index >= 15 is 0 Å². The number of carbonyl (C=O) groups excluding carboxylic acids is 1. The number of carbonyl (C=O) groups is 1. The molecule has 3 N–H and O–H groups in total. The first-order chi connectivity index (χ1) is 10.7. The van der Waals surface area contributed by atoms with Crippen LogP contribution in [-0.4, -0.2) is 51.0 Å². The molecule has 1 saturated heterocycles. The number of nitrogens with one attached hydrogen (secondary N) is 1. The Morgan fingerprint density at radius 1 is 1.35 bits per heavy atom. The smallest absolute Gasteiger partial charge is 0.301 e. The number of nitrogens with two attached hydrogens (primary N) is 1. The van der Waals surface area contributed by atoms with Crippen molar-refractivity contribution in [2.24, 2.45) is 5.73 Å². The van der Waals surface area contributed by atoms with Gasteiger partial charge < -0.3 is 15.2 Å². The Hall–Kier alpha value is -1.84. The number of methoxy groups -OCH3 is 1. The largest absolute Gasteiger partial charge is 0.495 e. The fraction of sp³-hybridized carbons (Fsp3) is 0.500. The number of anilines is 1. The molecular formula is C14H21N3O5S. The van der Waals surface area contributed by atoms with E-state index < -0.39 is 16.1 Å². The molecule has 1 aliphatic rings. The molecule has 1 aromatic rings. The molecular weight excluding hydrogens is 322 g/mol. The van der Waals surface area contributed by atoms with Gasteiger partial charge in [0.25, 0.3) is 0 Å². The summed E-state index contributed by atoms with van der Waals surface area (Å²) in [4.78, 5) is 11.3. The molecule has 1 heterocycles. The van der Waals surface area contributed by atoms with Gasteiger partial charge in [-0.25, -0.2) is 0 Å². The fourth-order valence-electron chi connectivity index (χ4n) is 2.47. The number of amides is 1. The zero-order valence-corrected chi connectivity index (χ0v) is 14.1. The molecule has 0 aromatic heterocycles. The van der Waals surface area contributed by atoms with Crippen LogP contribution in [-0.2, 0) is 14.9 Å². The Balaban J connectivity index is 2.29. The molecule has 0 saturated carbocycles. The van der Waals surface area contributed by atoms with Crippen LogP contribution in [0.1, 0.15) is 24.2 Å². The van der Waals surface area contributed by atoms with Gasteiger partial charge in [-0.05, 0) is 32.0 Å². The van der Waals surface area contributed by atoms with Crippen molar-refractivity contribution in [1.82, 2.24) is 4.31 Å². The third-order valence-corrected chi connectivity index (χ3v) is 4.90. The molecule has 8 nitrogen and oxygen atoms in total. The summed E-state index contributed by atoms with van der Waals surface area (Å²) >= 11 is 0. The van der Waals surface area contributed by atoms with Crippen molar-refractivity contribution in [2.75, 3.05) is 24.9 Å². The summed E-state index contributed by atoms with van der Waals surface area (Å²) in [6.07, 6.45) is -0.400. The minimum absolute atomic E-state index is 0.163. The van der Waals surface area contributed by atoms with Gasteiger partial charge in [-0.15, -0.1) is 0 Å². The van der Waals surface area contributed by atoms with Crippen molar-refractivity contribution in [2.45, 2.75) is 26.1 Å². The average molecular weight is 343 g/mol. The molecule has 0 spiro atoms. The predicted molar refractivity (Wildman–Crippen MR) is 85.6 cm³/mol. The average Bonchev–Trinajstić information content (AvgIpc) is 2.45. The van der Waals surface area contributed by atoms with Crippen LogP contribution in [0.15, 0.2) is 18.2 Å². The normalized spacial score (nSPS) is 22.6. The lowest BCUT2D eigenvalue weighted by Gasteiger charge is -2.34. The molecule has 2 atom stereocenters. The van der Waals surface area contributed by atoms with Gasteiger partial charge in [-0.3, -0.25) is 9.52 Å². The highest BCUT2D eigenvalue weighted by Crippen LogP contribution is 2.27. The molecule has 0 unspecified atom stereocenters. The number of ether oxygens (including phenoxy) is 2. The minimum Gasteiger partial charge on any atom is -0.495 e. The highest BCUT2D eigenvalue weighted by molar-refractivity contribution is 7.90. The molecule has 23 heavy (non-hydrogen) atoms. The molecule has 1 amide bonds. The Labute approximate surface area is 135 Å². The van der Waals surface area contributed by atoms with E-state index in [-0.39, 0.29) is 36.5 Å². The number of hydrogen-bond acceptors (Lipinski definition) is 5. The Morgan fingerprint density at radius 2 is 1.96 bits per heavy atom. The van der Waals surface area contributed by atoms with Crippen molar-refractivity contribution in [3.63, 3.8) is 0 Å². The van der Waals surface area contributed by atoms with Crippen molar-refractivity contribution in [1.29, 1.82) is 0 Å². The molecule has 0 bridgehead atoms. The Morgan fingerprint density at radius 3 is 2.48 bits per heavy atom. The van der Waals surface area contributed by atoms with E-state index in [1.807, 2.05) is 13.8 Å². The highest BCUT2D eigenvalue weighted by Gasteiger charge is 2.31. The van der Waals surface area contributed by atoms with Crippen LogP contribution in [0.25, 0.3) is 0 Å². The van der Waals surface area contributed by atoms with Crippen molar-refractivity contribution < 1.29 is 22.7 Å².